The van der Waals surface area contributed by atoms with Gasteiger partial charge in [0, 0.05) is 25.4 Å². The third-order valence-electron chi connectivity index (χ3n) is 5.55. The Bertz CT molecular complexity index is 1230. The number of carbonyl (C=O) groups is 1. The number of aliphatic hydroxyl groups is 1. The third-order valence-corrected chi connectivity index (χ3v) is 5.55. The number of carbonyl (C=O) groups excluding carboxylic acids is 1. The Morgan fingerprint density at radius 1 is 1.13 bits per heavy atom. The van der Waals surface area contributed by atoms with Crippen LogP contribution in [0.1, 0.15) is 46.3 Å². The predicted octanol–water partition coefficient (Wildman–Crippen LogP) is 3.70. The van der Waals surface area contributed by atoms with Crippen LogP contribution >= 0.6 is 0 Å². The van der Waals surface area contributed by atoms with Crippen molar-refractivity contribution in [2.75, 3.05) is 6.54 Å². The van der Waals surface area contributed by atoms with Crippen molar-refractivity contribution in [2.24, 2.45) is 7.05 Å². The lowest BCUT2D eigenvalue weighted by Gasteiger charge is -2.29. The maximum Gasteiger partial charge on any atom is 0.251 e. The van der Waals surface area contributed by atoms with Gasteiger partial charge < -0.3 is 15.0 Å². The van der Waals surface area contributed by atoms with E-state index in [0.29, 0.717) is 34.7 Å². The van der Waals surface area contributed by atoms with Crippen LogP contribution in [0, 0.1) is 6.92 Å². The van der Waals surface area contributed by atoms with Crippen LogP contribution in [0.4, 0.5) is 0 Å². The molecular weight excluding hydrogens is 388 g/mol. The summed E-state index contributed by atoms with van der Waals surface area (Å²) in [4.78, 5) is 21.8. The van der Waals surface area contributed by atoms with Crippen molar-refractivity contribution in [3.63, 3.8) is 0 Å². The number of nitrogens with zero attached hydrogens (tertiary/aromatic N) is 3. The van der Waals surface area contributed by atoms with Crippen LogP contribution in [0.15, 0.2) is 66.9 Å². The molecule has 1 unspecified atom stereocenters. The summed E-state index contributed by atoms with van der Waals surface area (Å²) in [6.45, 7) is 4.57. The Kier molecular flexibility index (Phi) is 5.57. The number of pyridine rings is 1. The molecule has 158 valence electrons. The van der Waals surface area contributed by atoms with E-state index in [1.807, 2.05) is 80.1 Å². The number of rotatable bonds is 6. The zero-order chi connectivity index (χ0) is 22.0. The van der Waals surface area contributed by atoms with Crippen molar-refractivity contribution in [3.05, 3.63) is 95.1 Å². The van der Waals surface area contributed by atoms with Crippen molar-refractivity contribution >= 4 is 16.9 Å². The number of benzene rings is 2. The van der Waals surface area contributed by atoms with E-state index < -0.39 is 5.60 Å². The molecular formula is C25H26N4O2. The number of hydrogen-bond acceptors (Lipinski definition) is 4. The van der Waals surface area contributed by atoms with Crippen LogP contribution in [-0.4, -0.2) is 32.1 Å². The molecule has 0 bridgehead atoms. The van der Waals surface area contributed by atoms with Gasteiger partial charge in [0.15, 0.2) is 11.4 Å². The molecule has 0 radical (unpaired) electrons. The molecule has 0 saturated heterocycles. The van der Waals surface area contributed by atoms with Gasteiger partial charge in [-0.25, -0.2) is 4.98 Å². The smallest absolute Gasteiger partial charge is 0.251 e. The summed E-state index contributed by atoms with van der Waals surface area (Å²) in [7, 11) is 1.85. The van der Waals surface area contributed by atoms with E-state index in [0.717, 1.165) is 17.5 Å². The predicted molar refractivity (Wildman–Crippen MR) is 121 cm³/mol. The molecule has 0 aliphatic carbocycles. The summed E-state index contributed by atoms with van der Waals surface area (Å²) in [5.41, 5.74) is 2.55. The second-order valence-electron chi connectivity index (χ2n) is 7.70. The minimum atomic E-state index is -1.55. The molecule has 31 heavy (non-hydrogen) atoms. The number of nitrogens with one attached hydrogen (secondary N) is 1. The lowest BCUT2D eigenvalue weighted by molar-refractivity contribution is 0.0953. The van der Waals surface area contributed by atoms with E-state index in [1.54, 1.807) is 12.3 Å². The Morgan fingerprint density at radius 2 is 1.90 bits per heavy atom. The fourth-order valence-electron chi connectivity index (χ4n) is 3.91. The third kappa shape index (κ3) is 3.59. The highest BCUT2D eigenvalue weighted by molar-refractivity contribution is 5.97. The van der Waals surface area contributed by atoms with Gasteiger partial charge in [0.2, 0.25) is 0 Å². The molecule has 0 saturated carbocycles. The van der Waals surface area contributed by atoms with Crippen LogP contribution in [-0.2, 0) is 12.6 Å². The number of aryl methyl sites for hydroxylation is 2. The quantitative estimate of drug-likeness (QED) is 0.504. The summed E-state index contributed by atoms with van der Waals surface area (Å²) in [5.74, 6) is 0.326. The van der Waals surface area contributed by atoms with Crippen molar-refractivity contribution in [2.45, 2.75) is 25.9 Å². The van der Waals surface area contributed by atoms with Gasteiger partial charge >= 0.3 is 0 Å². The summed E-state index contributed by atoms with van der Waals surface area (Å²) in [6.07, 6.45) is 2.55. The van der Waals surface area contributed by atoms with Crippen LogP contribution in [0.2, 0.25) is 0 Å². The van der Waals surface area contributed by atoms with E-state index in [2.05, 4.69) is 10.3 Å². The van der Waals surface area contributed by atoms with Gasteiger partial charge in [0.1, 0.15) is 0 Å². The van der Waals surface area contributed by atoms with Crippen molar-refractivity contribution in [1.29, 1.82) is 0 Å². The van der Waals surface area contributed by atoms with Crippen LogP contribution in [0.5, 0.6) is 0 Å². The Balaban J connectivity index is 1.92. The second kappa shape index (κ2) is 8.32. The number of hydrogen-bond donors (Lipinski definition) is 2. The number of aromatic nitrogens is 3. The Labute approximate surface area is 181 Å². The van der Waals surface area contributed by atoms with Gasteiger partial charge in [-0.2, -0.15) is 0 Å². The molecule has 2 heterocycles. The van der Waals surface area contributed by atoms with Gasteiger partial charge in [-0.1, -0.05) is 43.3 Å². The number of fused-ring (bicyclic) bond motifs is 1. The highest BCUT2D eigenvalue weighted by Gasteiger charge is 2.40. The minimum Gasteiger partial charge on any atom is -0.372 e. The van der Waals surface area contributed by atoms with Gasteiger partial charge in [0.25, 0.3) is 5.91 Å². The number of amides is 1. The molecule has 0 aliphatic heterocycles. The summed E-state index contributed by atoms with van der Waals surface area (Å²) < 4.78 is 1.84. The maximum absolute atomic E-state index is 12.4. The summed E-state index contributed by atoms with van der Waals surface area (Å²) >= 11 is 0. The molecule has 1 amide bonds. The molecule has 2 aromatic heterocycles. The highest BCUT2D eigenvalue weighted by Crippen LogP contribution is 2.37. The summed E-state index contributed by atoms with van der Waals surface area (Å²) in [5, 5.41) is 15.1. The van der Waals surface area contributed by atoms with E-state index >= 15 is 0 Å². The first-order chi connectivity index (χ1) is 15.0. The molecule has 0 aliphatic rings. The van der Waals surface area contributed by atoms with E-state index in [4.69, 9.17) is 4.98 Å². The Hall–Kier alpha value is -3.51. The highest BCUT2D eigenvalue weighted by atomic mass is 16.3. The largest absolute Gasteiger partial charge is 0.372 e. The standard InChI is InChI=1S/C25H26N4O2/c1-4-14-27-23(30)18-12-13-20-21(16-18)29(3)24(28-20)25(31,19-10-6-5-7-11-19)22-17(2)9-8-15-26-22/h5-13,15-16,31H,4,14H2,1-3H3,(H,27,30). The molecule has 4 rings (SSSR count). The Morgan fingerprint density at radius 3 is 2.61 bits per heavy atom. The van der Waals surface area contributed by atoms with Gasteiger partial charge in [-0.3, -0.25) is 9.78 Å². The topological polar surface area (TPSA) is 80.0 Å². The van der Waals surface area contributed by atoms with E-state index in [-0.39, 0.29) is 5.91 Å². The second-order valence-corrected chi connectivity index (χ2v) is 7.70. The average Bonchev–Trinajstić information content (AvgIpc) is 3.14. The van der Waals surface area contributed by atoms with Crippen molar-refractivity contribution < 1.29 is 9.90 Å². The average molecular weight is 415 g/mol. The van der Waals surface area contributed by atoms with E-state index in [1.165, 1.54) is 0 Å². The fraction of sp³-hybridized carbons (Fsp3) is 0.240. The zero-order valence-electron chi connectivity index (χ0n) is 18.0. The first kappa shape index (κ1) is 20.8. The molecule has 6 nitrogen and oxygen atoms in total. The van der Waals surface area contributed by atoms with Crippen LogP contribution in [0.25, 0.3) is 11.0 Å². The minimum absolute atomic E-state index is 0.120. The first-order valence-corrected chi connectivity index (χ1v) is 10.4. The fourth-order valence-corrected chi connectivity index (χ4v) is 3.91. The van der Waals surface area contributed by atoms with Crippen molar-refractivity contribution in [3.8, 4) is 0 Å². The molecule has 0 fully saturated rings. The van der Waals surface area contributed by atoms with Gasteiger partial charge in [0.05, 0.1) is 16.7 Å². The zero-order valence-corrected chi connectivity index (χ0v) is 18.0. The molecule has 2 aromatic carbocycles. The molecule has 6 heteroatoms. The normalized spacial score (nSPS) is 13.2. The monoisotopic (exact) mass is 414 g/mol. The maximum atomic E-state index is 12.4. The van der Waals surface area contributed by atoms with E-state index in [9.17, 15) is 9.90 Å². The first-order valence-electron chi connectivity index (χ1n) is 10.4. The SMILES string of the molecule is CCCNC(=O)c1ccc2nc(C(O)(c3ccccc3)c3ncccc3C)n(C)c2c1. The van der Waals surface area contributed by atoms with Gasteiger partial charge in [-0.15, -0.1) is 0 Å². The van der Waals surface area contributed by atoms with Crippen molar-refractivity contribution in [1.82, 2.24) is 19.9 Å². The summed E-state index contributed by atoms with van der Waals surface area (Å²) in [6, 6.07) is 18.6. The van der Waals surface area contributed by atoms with Crippen LogP contribution in [0.3, 0.4) is 0 Å². The van der Waals surface area contributed by atoms with Crippen LogP contribution < -0.4 is 5.32 Å². The molecule has 4 aromatic rings. The molecule has 0 spiro atoms. The number of imidazole rings is 1. The lowest BCUT2D eigenvalue weighted by Crippen LogP contribution is -2.34. The molecule has 2 N–H and O–H groups in total. The lowest BCUT2D eigenvalue weighted by atomic mass is 9.86. The molecule has 1 atom stereocenters. The van der Waals surface area contributed by atoms with Gasteiger partial charge in [-0.05, 0) is 48.7 Å².